The molecule has 0 aliphatic rings. The topological polar surface area (TPSA) is 0 Å². The fourth-order valence-electron chi connectivity index (χ4n) is 2.90. The van der Waals surface area contributed by atoms with Crippen LogP contribution in [-0.2, 0) is 0 Å². The Bertz CT molecular complexity index is 158. The molecule has 0 fully saturated rings. The summed E-state index contributed by atoms with van der Waals surface area (Å²) < 4.78 is 0. The number of hydrogen-bond acceptors (Lipinski definition) is 0. The molecule has 0 unspecified atom stereocenters. The molecule has 0 amide bonds. The van der Waals surface area contributed by atoms with Gasteiger partial charge in [-0.15, -0.1) is 0 Å². The van der Waals surface area contributed by atoms with Gasteiger partial charge >= 0.3 is 0 Å². The largest absolute Gasteiger partial charge is 1.00 e. The van der Waals surface area contributed by atoms with E-state index in [0.717, 1.165) is 0 Å². The van der Waals surface area contributed by atoms with Crippen molar-refractivity contribution < 1.29 is 12.4 Å². The highest BCUT2D eigenvalue weighted by atomic mass is 35.5. The van der Waals surface area contributed by atoms with Crippen LogP contribution in [0.5, 0.6) is 0 Å². The highest BCUT2D eigenvalue weighted by Crippen LogP contribution is 2.58. The molecule has 0 spiro atoms. The third-order valence-corrected chi connectivity index (χ3v) is 10.0. The number of unbranched alkanes of at least 4 members (excludes halogenated alkanes) is 8. The Morgan fingerprint density at radius 3 is 1.26 bits per heavy atom. The van der Waals surface area contributed by atoms with Gasteiger partial charge in [0, 0.05) is 7.26 Å². The Labute approximate surface area is 130 Å². The van der Waals surface area contributed by atoms with E-state index in [0.29, 0.717) is 0 Å². The van der Waals surface area contributed by atoms with Gasteiger partial charge in [0.2, 0.25) is 0 Å². The summed E-state index contributed by atoms with van der Waals surface area (Å²) in [5.74, 6) is 0. The van der Waals surface area contributed by atoms with Crippen LogP contribution in [0.25, 0.3) is 0 Å². The predicted molar refractivity (Wildman–Crippen MR) is 90.6 cm³/mol. The molecule has 0 aromatic heterocycles. The van der Waals surface area contributed by atoms with Gasteiger partial charge in [-0.25, -0.2) is 0 Å². The lowest BCUT2D eigenvalue weighted by atomic mass is 10.1. The summed E-state index contributed by atoms with van der Waals surface area (Å²) in [5, 5.41) is 0. The molecule has 0 heterocycles. The summed E-state index contributed by atoms with van der Waals surface area (Å²) in [6, 6.07) is 0. The average Bonchev–Trinajstić information content (AvgIpc) is 2.42. The number of hydrogen-bond donors (Lipinski definition) is 0. The molecule has 0 aromatic carbocycles. The molecule has 0 N–H and O–H groups in total. The van der Waals surface area contributed by atoms with E-state index in [9.17, 15) is 0 Å². The first-order valence-electron chi connectivity index (χ1n) is 8.59. The van der Waals surface area contributed by atoms with Gasteiger partial charge in [0.25, 0.3) is 0 Å². The second-order valence-electron chi connectivity index (χ2n) is 5.84. The second-order valence-corrected chi connectivity index (χ2v) is 10.9. The van der Waals surface area contributed by atoms with Gasteiger partial charge in [0.15, 0.2) is 0 Å². The molecule has 0 aliphatic heterocycles. The van der Waals surface area contributed by atoms with E-state index < -0.39 is 7.26 Å². The van der Waals surface area contributed by atoms with Crippen molar-refractivity contribution in [3.63, 3.8) is 0 Å². The van der Waals surface area contributed by atoms with E-state index in [1.165, 1.54) is 76.3 Å². The molecule has 2 heteroatoms. The molecule has 0 rings (SSSR count). The van der Waals surface area contributed by atoms with Crippen molar-refractivity contribution in [1.29, 1.82) is 0 Å². The monoisotopic (exact) mass is 308 g/mol. The predicted octanol–water partition coefficient (Wildman–Crippen LogP) is 3.60. The summed E-state index contributed by atoms with van der Waals surface area (Å²) in [6.45, 7) is 9.57. The van der Waals surface area contributed by atoms with E-state index in [2.05, 4.69) is 27.7 Å². The van der Waals surface area contributed by atoms with Crippen LogP contribution in [0.1, 0.15) is 85.5 Å². The second kappa shape index (κ2) is 15.1. The maximum atomic E-state index is 2.43. The Balaban J connectivity index is 0. The van der Waals surface area contributed by atoms with Crippen molar-refractivity contribution in [3.8, 4) is 0 Å². The van der Waals surface area contributed by atoms with Crippen LogP contribution in [0.15, 0.2) is 0 Å². The third-order valence-electron chi connectivity index (χ3n) is 4.75. The summed E-state index contributed by atoms with van der Waals surface area (Å²) >= 11 is 0. The van der Waals surface area contributed by atoms with E-state index in [-0.39, 0.29) is 12.4 Å². The molecular formula is C17H38ClP. The Morgan fingerprint density at radius 2 is 0.895 bits per heavy atom. The summed E-state index contributed by atoms with van der Waals surface area (Å²) in [5.41, 5.74) is 0. The Morgan fingerprint density at radius 1 is 0.526 bits per heavy atom. The fraction of sp³-hybridized carbons (Fsp3) is 1.00. The van der Waals surface area contributed by atoms with Gasteiger partial charge in [0.05, 0.1) is 24.6 Å². The van der Waals surface area contributed by atoms with Crippen LogP contribution in [0.4, 0.5) is 0 Å². The zero-order valence-electron chi connectivity index (χ0n) is 14.0. The van der Waals surface area contributed by atoms with Crippen LogP contribution >= 0.6 is 7.26 Å². The van der Waals surface area contributed by atoms with E-state index >= 15 is 0 Å². The van der Waals surface area contributed by atoms with Gasteiger partial charge in [0.1, 0.15) is 0 Å². The van der Waals surface area contributed by atoms with E-state index in [1.807, 2.05) is 0 Å². The van der Waals surface area contributed by atoms with Crippen molar-refractivity contribution in [3.05, 3.63) is 0 Å². The third kappa shape index (κ3) is 11.1. The van der Waals surface area contributed by atoms with Gasteiger partial charge in [-0.1, -0.05) is 51.9 Å². The van der Waals surface area contributed by atoms with Gasteiger partial charge in [-0.3, -0.25) is 0 Å². The molecule has 0 saturated carbocycles. The highest BCUT2D eigenvalue weighted by molar-refractivity contribution is 7.75. The molecule has 0 bridgehead atoms. The van der Waals surface area contributed by atoms with Crippen LogP contribution in [0.2, 0.25) is 0 Å². The minimum Gasteiger partial charge on any atom is -1.00 e. The number of rotatable bonds is 13. The first-order valence-corrected chi connectivity index (χ1v) is 11.1. The summed E-state index contributed by atoms with van der Waals surface area (Å²) in [6.07, 6.45) is 19.2. The van der Waals surface area contributed by atoms with Crippen LogP contribution < -0.4 is 12.4 Å². The maximum Gasteiger partial charge on any atom is 0.0594 e. The molecule has 0 saturated heterocycles. The average molecular weight is 309 g/mol. The van der Waals surface area contributed by atoms with Crippen molar-refractivity contribution in [1.82, 2.24) is 0 Å². The zero-order valence-corrected chi connectivity index (χ0v) is 15.7. The van der Waals surface area contributed by atoms with Crippen LogP contribution in [0.3, 0.4) is 0 Å². The van der Waals surface area contributed by atoms with Gasteiger partial charge in [-0.2, -0.15) is 0 Å². The first kappa shape index (κ1) is 22.0. The summed E-state index contributed by atoms with van der Waals surface area (Å²) in [4.78, 5) is 0. The standard InChI is InChI=1S/C17H38P.ClH/c1-5-9-10-11-12-13-14-15-16-17-18(6-2,7-3)8-4;/h5-17H2,1-4H3;1H/q+1;/p-1. The first-order chi connectivity index (χ1) is 8.74. The van der Waals surface area contributed by atoms with Crippen molar-refractivity contribution in [2.24, 2.45) is 0 Å². The fourth-order valence-corrected chi connectivity index (χ4v) is 6.09. The quantitative estimate of drug-likeness (QED) is 0.360. The molecule has 19 heavy (non-hydrogen) atoms. The van der Waals surface area contributed by atoms with Gasteiger partial charge in [-0.05, 0) is 33.6 Å². The minimum absolute atomic E-state index is 0. The lowest BCUT2D eigenvalue weighted by molar-refractivity contribution is -0.00000421. The Hall–Kier alpha value is 0.720. The molecule has 0 radical (unpaired) electrons. The minimum atomic E-state index is -0.509. The van der Waals surface area contributed by atoms with E-state index in [4.69, 9.17) is 0 Å². The Kier molecular flexibility index (Phi) is 17.5. The zero-order chi connectivity index (χ0) is 13.7. The smallest absolute Gasteiger partial charge is 0.0594 e. The molecule has 0 nitrogen and oxygen atoms in total. The van der Waals surface area contributed by atoms with Crippen LogP contribution in [-0.4, -0.2) is 24.6 Å². The molecular weight excluding hydrogens is 271 g/mol. The van der Waals surface area contributed by atoms with Crippen molar-refractivity contribution in [2.45, 2.75) is 85.5 Å². The molecule has 118 valence electrons. The molecule has 0 aliphatic carbocycles. The highest BCUT2D eigenvalue weighted by Gasteiger charge is 2.29. The molecule has 0 aromatic rings. The van der Waals surface area contributed by atoms with Crippen molar-refractivity contribution in [2.75, 3.05) is 24.6 Å². The lowest BCUT2D eigenvalue weighted by Crippen LogP contribution is -3.00. The maximum absolute atomic E-state index is 2.43. The van der Waals surface area contributed by atoms with E-state index in [1.54, 1.807) is 6.16 Å². The summed E-state index contributed by atoms with van der Waals surface area (Å²) in [7, 11) is -0.509. The SMILES string of the molecule is CCCCCCCCCCC[P+](CC)(CC)CC.[Cl-]. The van der Waals surface area contributed by atoms with Crippen LogP contribution in [0, 0.1) is 0 Å². The van der Waals surface area contributed by atoms with Gasteiger partial charge < -0.3 is 12.4 Å². The number of halogens is 1. The molecule has 0 atom stereocenters. The normalized spacial score (nSPS) is 11.4. The van der Waals surface area contributed by atoms with Crippen molar-refractivity contribution >= 4 is 7.26 Å². The lowest BCUT2D eigenvalue weighted by Gasteiger charge is -2.23.